The molecule has 1 aliphatic rings. The Bertz CT molecular complexity index is 798. The van der Waals surface area contributed by atoms with Gasteiger partial charge in [-0.2, -0.15) is 5.26 Å². The van der Waals surface area contributed by atoms with Crippen molar-refractivity contribution in [3.63, 3.8) is 0 Å². The highest BCUT2D eigenvalue weighted by Gasteiger charge is 2.19. The highest BCUT2D eigenvalue weighted by Crippen LogP contribution is 2.29. The molecule has 0 aliphatic carbocycles. The van der Waals surface area contributed by atoms with Crippen LogP contribution in [0.3, 0.4) is 0 Å². The molecule has 1 unspecified atom stereocenters. The van der Waals surface area contributed by atoms with E-state index in [2.05, 4.69) is 11.4 Å². The minimum absolute atomic E-state index is 0.123. The van der Waals surface area contributed by atoms with Crippen LogP contribution in [0.15, 0.2) is 42.5 Å². The molecule has 0 radical (unpaired) electrons. The monoisotopic (exact) mass is 308 g/mol. The summed E-state index contributed by atoms with van der Waals surface area (Å²) in [7, 11) is 0. The third-order valence-corrected chi connectivity index (χ3v) is 3.83. The van der Waals surface area contributed by atoms with Gasteiger partial charge in [0, 0.05) is 18.8 Å². The van der Waals surface area contributed by atoms with Gasteiger partial charge in [0.15, 0.2) is 0 Å². The van der Waals surface area contributed by atoms with Crippen molar-refractivity contribution in [2.75, 3.05) is 11.9 Å². The van der Waals surface area contributed by atoms with Gasteiger partial charge in [0.05, 0.1) is 23.2 Å². The summed E-state index contributed by atoms with van der Waals surface area (Å²) in [5, 5.41) is 34.4. The number of benzene rings is 2. The van der Waals surface area contributed by atoms with Gasteiger partial charge in [0.25, 0.3) is 0 Å². The lowest BCUT2D eigenvalue weighted by Crippen LogP contribution is -2.23. The first-order chi connectivity index (χ1) is 11.1. The van der Waals surface area contributed by atoms with E-state index < -0.39 is 5.97 Å². The molecular formula is C17H14N3O3-. The Balaban J connectivity index is 1.96. The second-order valence-electron chi connectivity index (χ2n) is 5.43. The molecule has 3 rings (SSSR count). The van der Waals surface area contributed by atoms with Crippen LogP contribution in [0, 0.1) is 16.5 Å². The zero-order chi connectivity index (χ0) is 16.4. The fraction of sp³-hybridized carbons (Fsp3) is 0.176. The van der Waals surface area contributed by atoms with Gasteiger partial charge in [-0.15, -0.1) is 0 Å². The summed E-state index contributed by atoms with van der Waals surface area (Å²) in [6.45, 7) is 0.337. The zero-order valence-corrected chi connectivity index (χ0v) is 12.2. The number of rotatable bonds is 2. The van der Waals surface area contributed by atoms with E-state index >= 15 is 0 Å². The van der Waals surface area contributed by atoms with E-state index in [0.29, 0.717) is 11.1 Å². The fourth-order valence-electron chi connectivity index (χ4n) is 2.70. The number of carboxylic acid groups (broad SMARTS) is 1. The highest BCUT2D eigenvalue weighted by atomic mass is 16.5. The summed E-state index contributed by atoms with van der Waals surface area (Å²) in [6.07, 6.45) is 0. The molecule has 2 aromatic carbocycles. The fourth-order valence-corrected chi connectivity index (χ4v) is 2.70. The van der Waals surface area contributed by atoms with Crippen LogP contribution < -0.4 is 5.32 Å². The summed E-state index contributed by atoms with van der Waals surface area (Å²) in [5.74, 6) is -1.02. The van der Waals surface area contributed by atoms with Crippen LogP contribution in [-0.2, 0) is 6.54 Å². The number of nitrogens with zero attached hydrogens (tertiary/aromatic N) is 2. The first-order valence-corrected chi connectivity index (χ1v) is 7.11. The number of hydroxylamine groups is 2. The molecule has 116 valence electrons. The minimum Gasteiger partial charge on any atom is -0.785 e. The Morgan fingerprint density at radius 3 is 2.91 bits per heavy atom. The van der Waals surface area contributed by atoms with Crippen molar-refractivity contribution < 1.29 is 9.90 Å². The van der Waals surface area contributed by atoms with Crippen LogP contribution in [0.2, 0.25) is 0 Å². The predicted molar refractivity (Wildman–Crippen MR) is 84.7 cm³/mol. The number of carboxylic acids is 1. The van der Waals surface area contributed by atoms with Gasteiger partial charge in [-0.05, 0) is 41.5 Å². The van der Waals surface area contributed by atoms with Crippen molar-refractivity contribution in [3.8, 4) is 6.07 Å². The maximum Gasteiger partial charge on any atom is 0.335 e. The van der Waals surface area contributed by atoms with E-state index in [-0.39, 0.29) is 24.7 Å². The van der Waals surface area contributed by atoms with E-state index in [4.69, 9.17) is 10.4 Å². The van der Waals surface area contributed by atoms with Crippen molar-refractivity contribution in [2.24, 2.45) is 0 Å². The van der Waals surface area contributed by atoms with E-state index in [0.717, 1.165) is 16.3 Å². The van der Waals surface area contributed by atoms with Crippen LogP contribution in [0.25, 0.3) is 0 Å². The van der Waals surface area contributed by atoms with Crippen molar-refractivity contribution in [3.05, 3.63) is 69.9 Å². The van der Waals surface area contributed by atoms with Gasteiger partial charge in [0.2, 0.25) is 0 Å². The van der Waals surface area contributed by atoms with Gasteiger partial charge >= 0.3 is 5.97 Å². The van der Waals surface area contributed by atoms with Gasteiger partial charge in [-0.1, -0.05) is 12.1 Å². The topological polar surface area (TPSA) is 99.4 Å². The number of aromatic carboxylic acids is 1. The molecule has 0 saturated heterocycles. The first-order valence-electron chi connectivity index (χ1n) is 7.11. The number of nitrogens with one attached hydrogen (secondary N) is 1. The summed E-state index contributed by atoms with van der Waals surface area (Å²) in [5.41, 5.74) is 2.93. The van der Waals surface area contributed by atoms with E-state index in [1.807, 2.05) is 6.07 Å². The molecule has 2 N–H and O–H groups in total. The quantitative estimate of drug-likeness (QED) is 0.885. The summed E-state index contributed by atoms with van der Waals surface area (Å²) < 4.78 is 0. The maximum atomic E-state index is 12.1. The summed E-state index contributed by atoms with van der Waals surface area (Å²) in [6, 6.07) is 13.6. The average molecular weight is 308 g/mol. The van der Waals surface area contributed by atoms with E-state index in [1.54, 1.807) is 24.3 Å². The van der Waals surface area contributed by atoms with E-state index in [1.165, 1.54) is 12.1 Å². The molecule has 0 spiro atoms. The second-order valence-corrected chi connectivity index (χ2v) is 5.43. The smallest absolute Gasteiger partial charge is 0.335 e. The summed E-state index contributed by atoms with van der Waals surface area (Å²) in [4.78, 5) is 11.1. The lowest BCUT2D eigenvalue weighted by atomic mass is 10.0. The van der Waals surface area contributed by atoms with Crippen molar-refractivity contribution >= 4 is 11.7 Å². The van der Waals surface area contributed by atoms with Gasteiger partial charge in [0.1, 0.15) is 0 Å². The molecule has 1 aliphatic heterocycles. The van der Waals surface area contributed by atoms with Crippen molar-refractivity contribution in [1.82, 2.24) is 5.06 Å². The third-order valence-electron chi connectivity index (χ3n) is 3.83. The molecule has 6 heteroatoms. The summed E-state index contributed by atoms with van der Waals surface area (Å²) >= 11 is 0. The van der Waals surface area contributed by atoms with Crippen LogP contribution in [-0.4, -0.2) is 22.7 Å². The van der Waals surface area contributed by atoms with E-state index in [9.17, 15) is 10.0 Å². The molecular weight excluding hydrogens is 294 g/mol. The van der Waals surface area contributed by atoms with Crippen molar-refractivity contribution in [1.29, 1.82) is 5.26 Å². The number of hydrogen-bond donors (Lipinski definition) is 2. The molecule has 0 bridgehead atoms. The molecule has 2 aromatic rings. The molecule has 1 atom stereocenters. The second kappa shape index (κ2) is 6.08. The van der Waals surface area contributed by atoms with Gasteiger partial charge in [-0.3, -0.25) is 0 Å². The highest BCUT2D eigenvalue weighted by molar-refractivity contribution is 5.88. The number of anilines is 1. The lowest BCUT2D eigenvalue weighted by molar-refractivity contribution is 0.0696. The molecule has 23 heavy (non-hydrogen) atoms. The average Bonchev–Trinajstić information content (AvgIpc) is 2.72. The molecule has 0 fully saturated rings. The normalized spacial score (nSPS) is 17.5. The predicted octanol–water partition coefficient (Wildman–Crippen LogP) is 2.72. The Morgan fingerprint density at radius 2 is 2.17 bits per heavy atom. The molecule has 6 nitrogen and oxygen atoms in total. The van der Waals surface area contributed by atoms with Gasteiger partial charge in [-0.25, -0.2) is 4.79 Å². The van der Waals surface area contributed by atoms with Crippen LogP contribution in [0.5, 0.6) is 0 Å². The Kier molecular flexibility index (Phi) is 3.98. The minimum atomic E-state index is -1.02. The number of carbonyl (C=O) groups is 1. The van der Waals surface area contributed by atoms with Crippen LogP contribution in [0.4, 0.5) is 5.69 Å². The number of hydrogen-bond acceptors (Lipinski definition) is 5. The van der Waals surface area contributed by atoms with Gasteiger partial charge < -0.3 is 20.7 Å². The SMILES string of the molecule is N#Cc1cccc(C2CN([O-])Cc3cc(C(=O)O)ccc3N2)c1. The van der Waals surface area contributed by atoms with Crippen LogP contribution >= 0.6 is 0 Å². The largest absolute Gasteiger partial charge is 0.785 e. The molecule has 0 aromatic heterocycles. The van der Waals surface area contributed by atoms with Crippen molar-refractivity contribution in [2.45, 2.75) is 12.6 Å². The number of fused-ring (bicyclic) bond motifs is 1. The Morgan fingerprint density at radius 1 is 1.35 bits per heavy atom. The number of nitriles is 1. The lowest BCUT2D eigenvalue weighted by Gasteiger charge is -2.29. The molecule has 0 saturated carbocycles. The first kappa shape index (κ1) is 15.0. The molecule has 0 amide bonds. The van der Waals surface area contributed by atoms with Crippen LogP contribution in [0.1, 0.15) is 33.1 Å². The molecule has 1 heterocycles. The maximum absolute atomic E-state index is 12.1. The Labute approximate surface area is 133 Å². The third kappa shape index (κ3) is 3.16. The Hall–Kier alpha value is -2.88. The standard InChI is InChI=1S/C17H14N3O3/c18-8-11-2-1-3-12(6-11)16-10-20(23)9-14-7-13(17(21)22)4-5-15(14)19-16/h1-7,16,19H,9-10H2,(H,21,22)/q-1. The zero-order valence-electron chi connectivity index (χ0n) is 12.2.